The number of allylic oxidation sites excluding steroid dienone is 1. The minimum absolute atomic E-state index is 1.16. The van der Waals surface area contributed by atoms with E-state index in [2.05, 4.69) is 36.5 Å². The van der Waals surface area contributed by atoms with E-state index in [1.807, 2.05) is 7.05 Å². The van der Waals surface area contributed by atoms with Gasteiger partial charge in [0.05, 0.1) is 0 Å². The molecule has 0 heterocycles. The van der Waals surface area contributed by atoms with Crippen molar-refractivity contribution in [1.82, 2.24) is 5.32 Å². The Morgan fingerprint density at radius 3 is 2.92 bits per heavy atom. The number of hydrogen-bond acceptors (Lipinski definition) is 1. The fourth-order valence-corrected chi connectivity index (χ4v) is 1.91. The van der Waals surface area contributed by atoms with Gasteiger partial charge in [0.1, 0.15) is 0 Å². The summed E-state index contributed by atoms with van der Waals surface area (Å²) in [5.41, 5.74) is 5.49. The fraction of sp³-hybridized carbons (Fsp3) is 0.333. The largest absolute Gasteiger partial charge is 0.388 e. The first-order valence-corrected chi connectivity index (χ1v) is 4.79. The summed E-state index contributed by atoms with van der Waals surface area (Å²) in [6, 6.07) is 6.68. The quantitative estimate of drug-likeness (QED) is 0.688. The van der Waals surface area contributed by atoms with Crippen LogP contribution in [0.1, 0.15) is 23.1 Å². The van der Waals surface area contributed by atoms with Crippen molar-refractivity contribution in [3.8, 4) is 0 Å². The van der Waals surface area contributed by atoms with Gasteiger partial charge in [-0.3, -0.25) is 0 Å². The van der Waals surface area contributed by atoms with E-state index in [9.17, 15) is 0 Å². The molecule has 0 aromatic heterocycles. The van der Waals surface area contributed by atoms with Crippen LogP contribution in [0.4, 0.5) is 0 Å². The molecule has 13 heavy (non-hydrogen) atoms. The molecule has 2 rings (SSSR count). The average Bonchev–Trinajstić information content (AvgIpc) is 2.16. The summed E-state index contributed by atoms with van der Waals surface area (Å²) in [4.78, 5) is 0. The Kier molecular flexibility index (Phi) is 2.09. The topological polar surface area (TPSA) is 12.0 Å². The molecule has 0 saturated carbocycles. The van der Waals surface area contributed by atoms with Crippen LogP contribution in [0.15, 0.2) is 24.3 Å². The van der Waals surface area contributed by atoms with E-state index in [4.69, 9.17) is 0 Å². The molecule has 1 aliphatic carbocycles. The van der Waals surface area contributed by atoms with Gasteiger partial charge < -0.3 is 5.32 Å². The summed E-state index contributed by atoms with van der Waals surface area (Å²) in [5, 5.41) is 3.24. The molecule has 0 bridgehead atoms. The number of nitrogens with one attached hydrogen (secondary N) is 1. The summed E-state index contributed by atoms with van der Waals surface area (Å²) < 4.78 is 0. The Balaban J connectivity index is 2.49. The molecule has 0 radical (unpaired) electrons. The second-order valence-corrected chi connectivity index (χ2v) is 3.57. The minimum Gasteiger partial charge on any atom is -0.388 e. The number of rotatable bonds is 1. The highest BCUT2D eigenvalue weighted by atomic mass is 14.8. The highest BCUT2D eigenvalue weighted by Crippen LogP contribution is 2.24. The SMILES string of the molecule is CNC1=CCCc2cc(C)ccc21. The van der Waals surface area contributed by atoms with Gasteiger partial charge in [0.25, 0.3) is 0 Å². The molecule has 1 heteroatoms. The lowest BCUT2D eigenvalue weighted by Gasteiger charge is -2.17. The van der Waals surface area contributed by atoms with Crippen molar-refractivity contribution in [2.75, 3.05) is 7.05 Å². The zero-order chi connectivity index (χ0) is 9.26. The van der Waals surface area contributed by atoms with Crippen LogP contribution in [0.25, 0.3) is 5.70 Å². The van der Waals surface area contributed by atoms with Crippen molar-refractivity contribution < 1.29 is 0 Å². The van der Waals surface area contributed by atoms with E-state index in [1.54, 1.807) is 0 Å². The zero-order valence-corrected chi connectivity index (χ0v) is 8.22. The maximum absolute atomic E-state index is 3.24. The molecule has 0 atom stereocenters. The standard InChI is InChI=1S/C12H15N/c1-9-6-7-11-10(8-9)4-3-5-12(11)13-2/h5-8,13H,3-4H2,1-2H3. The molecule has 0 saturated heterocycles. The Morgan fingerprint density at radius 1 is 1.31 bits per heavy atom. The van der Waals surface area contributed by atoms with Crippen LogP contribution in [0.3, 0.4) is 0 Å². The van der Waals surface area contributed by atoms with Gasteiger partial charge in [-0.15, -0.1) is 0 Å². The van der Waals surface area contributed by atoms with Crippen LogP contribution in [0, 0.1) is 6.92 Å². The zero-order valence-electron chi connectivity index (χ0n) is 8.22. The van der Waals surface area contributed by atoms with Gasteiger partial charge >= 0.3 is 0 Å². The van der Waals surface area contributed by atoms with Crippen molar-refractivity contribution in [3.63, 3.8) is 0 Å². The molecule has 1 aliphatic rings. The lowest BCUT2D eigenvalue weighted by Crippen LogP contribution is -2.10. The Morgan fingerprint density at radius 2 is 2.15 bits per heavy atom. The third kappa shape index (κ3) is 1.46. The molecule has 68 valence electrons. The lowest BCUT2D eigenvalue weighted by molar-refractivity contribution is 0.945. The summed E-state index contributed by atoms with van der Waals surface area (Å²) in [6.45, 7) is 2.15. The predicted octanol–water partition coefficient (Wildman–Crippen LogP) is 2.50. The molecule has 1 aromatic carbocycles. The van der Waals surface area contributed by atoms with Gasteiger partial charge in [0, 0.05) is 18.3 Å². The molecule has 1 aromatic rings. The lowest BCUT2D eigenvalue weighted by atomic mass is 9.93. The van der Waals surface area contributed by atoms with Gasteiger partial charge in [-0.25, -0.2) is 0 Å². The van der Waals surface area contributed by atoms with Gasteiger partial charge in [-0.2, -0.15) is 0 Å². The van der Waals surface area contributed by atoms with Crippen LogP contribution in [-0.4, -0.2) is 7.05 Å². The van der Waals surface area contributed by atoms with E-state index in [1.165, 1.54) is 28.8 Å². The number of benzene rings is 1. The van der Waals surface area contributed by atoms with Gasteiger partial charge in [-0.1, -0.05) is 29.8 Å². The maximum atomic E-state index is 3.24. The van der Waals surface area contributed by atoms with Crippen molar-refractivity contribution in [3.05, 3.63) is 41.0 Å². The molecular formula is C12H15N. The second-order valence-electron chi connectivity index (χ2n) is 3.57. The first kappa shape index (κ1) is 8.36. The first-order valence-electron chi connectivity index (χ1n) is 4.79. The fourth-order valence-electron chi connectivity index (χ4n) is 1.91. The molecule has 0 spiro atoms. The van der Waals surface area contributed by atoms with Gasteiger partial charge in [-0.05, 0) is 25.3 Å². The molecule has 0 aliphatic heterocycles. The monoisotopic (exact) mass is 173 g/mol. The molecule has 0 unspecified atom stereocenters. The van der Waals surface area contributed by atoms with Crippen molar-refractivity contribution >= 4 is 5.70 Å². The van der Waals surface area contributed by atoms with Crippen LogP contribution in [0.5, 0.6) is 0 Å². The predicted molar refractivity (Wildman–Crippen MR) is 56.5 cm³/mol. The third-order valence-corrected chi connectivity index (χ3v) is 2.58. The molecular weight excluding hydrogens is 158 g/mol. The Labute approximate surface area is 79.5 Å². The molecule has 1 nitrogen and oxygen atoms in total. The second kappa shape index (κ2) is 3.25. The van der Waals surface area contributed by atoms with Crippen molar-refractivity contribution in [2.24, 2.45) is 0 Å². The Hall–Kier alpha value is -1.24. The first-order chi connectivity index (χ1) is 6.31. The third-order valence-electron chi connectivity index (χ3n) is 2.58. The van der Waals surface area contributed by atoms with Crippen molar-refractivity contribution in [1.29, 1.82) is 0 Å². The van der Waals surface area contributed by atoms with Gasteiger partial charge in [0.2, 0.25) is 0 Å². The van der Waals surface area contributed by atoms with Crippen LogP contribution < -0.4 is 5.32 Å². The summed E-state index contributed by atoms with van der Waals surface area (Å²) >= 11 is 0. The summed E-state index contributed by atoms with van der Waals surface area (Å²) in [7, 11) is 1.99. The van der Waals surface area contributed by atoms with E-state index < -0.39 is 0 Å². The van der Waals surface area contributed by atoms with E-state index in [0.29, 0.717) is 0 Å². The normalized spacial score (nSPS) is 14.8. The Bertz CT molecular complexity index is 350. The molecule has 0 amide bonds. The van der Waals surface area contributed by atoms with Crippen LogP contribution in [0.2, 0.25) is 0 Å². The summed E-state index contributed by atoms with van der Waals surface area (Å²) in [5.74, 6) is 0. The van der Waals surface area contributed by atoms with E-state index in [0.717, 1.165) is 6.42 Å². The highest BCUT2D eigenvalue weighted by molar-refractivity contribution is 5.68. The van der Waals surface area contributed by atoms with E-state index >= 15 is 0 Å². The number of aryl methyl sites for hydroxylation is 2. The number of fused-ring (bicyclic) bond motifs is 1. The molecule has 0 fully saturated rings. The smallest absolute Gasteiger partial charge is 0.0373 e. The van der Waals surface area contributed by atoms with Crippen molar-refractivity contribution in [2.45, 2.75) is 19.8 Å². The number of hydrogen-bond donors (Lipinski definition) is 1. The minimum atomic E-state index is 1.16. The molecule has 1 N–H and O–H groups in total. The maximum Gasteiger partial charge on any atom is 0.0373 e. The van der Waals surface area contributed by atoms with Gasteiger partial charge in [0.15, 0.2) is 0 Å². The summed E-state index contributed by atoms with van der Waals surface area (Å²) in [6.07, 6.45) is 4.62. The van der Waals surface area contributed by atoms with Crippen LogP contribution >= 0.6 is 0 Å². The average molecular weight is 173 g/mol. The van der Waals surface area contributed by atoms with E-state index in [-0.39, 0.29) is 0 Å². The highest BCUT2D eigenvalue weighted by Gasteiger charge is 2.10. The van der Waals surface area contributed by atoms with Crippen LogP contribution in [-0.2, 0) is 6.42 Å².